The van der Waals surface area contributed by atoms with Gasteiger partial charge >= 0.3 is 6.03 Å². The summed E-state index contributed by atoms with van der Waals surface area (Å²) in [5.74, 6) is -0.342. The van der Waals surface area contributed by atoms with E-state index in [4.69, 9.17) is 4.74 Å². The Balaban J connectivity index is 2.10. The molecule has 0 bridgehead atoms. The lowest BCUT2D eigenvalue weighted by Gasteiger charge is -2.37. The van der Waals surface area contributed by atoms with Gasteiger partial charge in [-0.15, -0.1) is 0 Å². The fourth-order valence-electron chi connectivity index (χ4n) is 2.55. The molecular formula is C15H22FN3O2. The summed E-state index contributed by atoms with van der Waals surface area (Å²) >= 11 is 0. The van der Waals surface area contributed by atoms with Gasteiger partial charge in [-0.3, -0.25) is 0 Å². The highest BCUT2D eigenvalue weighted by atomic mass is 19.1. The second-order valence-corrected chi connectivity index (χ2v) is 5.31. The van der Waals surface area contributed by atoms with E-state index in [9.17, 15) is 9.18 Å². The Morgan fingerprint density at radius 1 is 1.38 bits per heavy atom. The van der Waals surface area contributed by atoms with Crippen LogP contribution in [0.1, 0.15) is 20.8 Å². The summed E-state index contributed by atoms with van der Waals surface area (Å²) in [6.07, 6.45) is 0.141. The molecule has 1 fully saturated rings. The number of hydrogen-bond donors (Lipinski definition) is 2. The van der Waals surface area contributed by atoms with Crippen molar-refractivity contribution < 1.29 is 13.9 Å². The number of nitrogens with one attached hydrogen (secondary N) is 2. The van der Waals surface area contributed by atoms with Gasteiger partial charge in [-0.05, 0) is 39.0 Å². The van der Waals surface area contributed by atoms with Crippen LogP contribution >= 0.6 is 0 Å². The molecule has 2 atom stereocenters. The Labute approximate surface area is 124 Å². The summed E-state index contributed by atoms with van der Waals surface area (Å²) in [6, 6.07) is 4.41. The zero-order valence-electron chi connectivity index (χ0n) is 12.6. The minimum atomic E-state index is -0.342. The van der Waals surface area contributed by atoms with E-state index in [1.54, 1.807) is 12.1 Å². The van der Waals surface area contributed by atoms with Crippen LogP contribution in [0.3, 0.4) is 0 Å². The SMILES string of the molecule is CCNC(=O)Nc1ccc(N2C[C@@H](C)O[C@@H](C)C2)c(F)c1. The second kappa shape index (κ2) is 6.76. The van der Waals surface area contributed by atoms with E-state index in [1.165, 1.54) is 6.07 Å². The average Bonchev–Trinajstić information content (AvgIpc) is 2.37. The Bertz CT molecular complexity index is 500. The highest BCUT2D eigenvalue weighted by molar-refractivity contribution is 5.89. The number of nitrogens with zero attached hydrogens (tertiary/aromatic N) is 1. The molecule has 1 aromatic carbocycles. The quantitative estimate of drug-likeness (QED) is 0.901. The Morgan fingerprint density at radius 2 is 2.05 bits per heavy atom. The average molecular weight is 295 g/mol. The van der Waals surface area contributed by atoms with Crippen molar-refractivity contribution >= 4 is 17.4 Å². The summed E-state index contributed by atoms with van der Waals surface area (Å²) in [6.45, 7) is 7.62. The highest BCUT2D eigenvalue weighted by Crippen LogP contribution is 2.26. The van der Waals surface area contributed by atoms with Crippen LogP contribution in [0.5, 0.6) is 0 Å². The number of ether oxygens (including phenoxy) is 1. The molecule has 21 heavy (non-hydrogen) atoms. The number of halogens is 1. The van der Waals surface area contributed by atoms with Crippen molar-refractivity contribution in [3.63, 3.8) is 0 Å². The van der Waals surface area contributed by atoms with Gasteiger partial charge < -0.3 is 20.3 Å². The van der Waals surface area contributed by atoms with E-state index in [0.717, 1.165) is 0 Å². The number of urea groups is 1. The van der Waals surface area contributed by atoms with Gasteiger partial charge in [-0.2, -0.15) is 0 Å². The summed E-state index contributed by atoms with van der Waals surface area (Å²) in [7, 11) is 0. The van der Waals surface area contributed by atoms with E-state index in [0.29, 0.717) is 31.0 Å². The van der Waals surface area contributed by atoms with Gasteiger partial charge in [0.15, 0.2) is 0 Å². The lowest BCUT2D eigenvalue weighted by atomic mass is 10.2. The van der Waals surface area contributed by atoms with Gasteiger partial charge in [0.1, 0.15) is 5.82 Å². The Kier molecular flexibility index (Phi) is 5.01. The Morgan fingerprint density at radius 3 is 2.62 bits per heavy atom. The maximum absolute atomic E-state index is 14.3. The highest BCUT2D eigenvalue weighted by Gasteiger charge is 2.24. The van der Waals surface area contributed by atoms with Crippen molar-refractivity contribution in [2.24, 2.45) is 0 Å². The maximum atomic E-state index is 14.3. The van der Waals surface area contributed by atoms with Crippen molar-refractivity contribution in [3.8, 4) is 0 Å². The lowest BCUT2D eigenvalue weighted by molar-refractivity contribution is -0.00539. The van der Waals surface area contributed by atoms with Crippen molar-refractivity contribution in [1.29, 1.82) is 0 Å². The van der Waals surface area contributed by atoms with E-state index in [2.05, 4.69) is 10.6 Å². The van der Waals surface area contributed by atoms with Crippen LogP contribution in [0.25, 0.3) is 0 Å². The maximum Gasteiger partial charge on any atom is 0.319 e. The molecule has 1 heterocycles. The molecule has 116 valence electrons. The fraction of sp³-hybridized carbons (Fsp3) is 0.533. The molecule has 0 saturated carbocycles. The number of anilines is 2. The summed E-state index contributed by atoms with van der Waals surface area (Å²) in [5.41, 5.74) is 0.981. The zero-order valence-corrected chi connectivity index (χ0v) is 12.6. The predicted octanol–water partition coefficient (Wildman–Crippen LogP) is 2.58. The third-order valence-corrected chi connectivity index (χ3v) is 3.30. The van der Waals surface area contributed by atoms with Gasteiger partial charge in [-0.1, -0.05) is 0 Å². The van der Waals surface area contributed by atoms with Crippen molar-refractivity contribution in [2.45, 2.75) is 33.0 Å². The molecule has 0 spiro atoms. The third kappa shape index (κ3) is 4.07. The number of hydrogen-bond acceptors (Lipinski definition) is 3. The second-order valence-electron chi connectivity index (χ2n) is 5.31. The molecular weight excluding hydrogens is 273 g/mol. The minimum Gasteiger partial charge on any atom is -0.372 e. The molecule has 0 aliphatic carbocycles. The lowest BCUT2D eigenvalue weighted by Crippen LogP contribution is -2.45. The number of rotatable bonds is 3. The normalized spacial score (nSPS) is 22.0. The van der Waals surface area contributed by atoms with Crippen LogP contribution < -0.4 is 15.5 Å². The van der Waals surface area contributed by atoms with Crippen LogP contribution in [0.15, 0.2) is 18.2 Å². The molecule has 0 aromatic heterocycles. The van der Waals surface area contributed by atoms with Crippen LogP contribution in [0.2, 0.25) is 0 Å². The molecule has 1 aliphatic heterocycles. The first-order valence-electron chi connectivity index (χ1n) is 7.24. The minimum absolute atomic E-state index is 0.0706. The van der Waals surface area contributed by atoms with Gasteiger partial charge in [0, 0.05) is 25.3 Å². The molecule has 0 unspecified atom stereocenters. The Hall–Kier alpha value is -1.82. The van der Waals surface area contributed by atoms with Crippen molar-refractivity contribution in [3.05, 3.63) is 24.0 Å². The van der Waals surface area contributed by atoms with Gasteiger partial charge in [0.25, 0.3) is 0 Å². The van der Waals surface area contributed by atoms with Crippen LogP contribution in [0.4, 0.5) is 20.6 Å². The standard InChI is InChI=1S/C15H22FN3O2/c1-4-17-15(20)18-12-5-6-14(13(16)7-12)19-8-10(2)21-11(3)9-19/h5-7,10-11H,4,8-9H2,1-3H3,(H2,17,18,20)/t10-,11+. The monoisotopic (exact) mass is 295 g/mol. The van der Waals surface area contributed by atoms with Gasteiger partial charge in [-0.25, -0.2) is 9.18 Å². The van der Waals surface area contributed by atoms with Crippen LogP contribution in [-0.4, -0.2) is 37.9 Å². The number of amides is 2. The number of carbonyl (C=O) groups excluding carboxylic acids is 1. The molecule has 1 aromatic rings. The molecule has 0 radical (unpaired) electrons. The topological polar surface area (TPSA) is 53.6 Å². The molecule has 6 heteroatoms. The summed E-state index contributed by atoms with van der Waals surface area (Å²) in [5, 5.41) is 5.20. The van der Waals surface area contributed by atoms with Gasteiger partial charge in [0.05, 0.1) is 17.9 Å². The van der Waals surface area contributed by atoms with Crippen molar-refractivity contribution in [1.82, 2.24) is 5.32 Å². The van der Waals surface area contributed by atoms with E-state index < -0.39 is 0 Å². The number of carbonyl (C=O) groups is 1. The molecule has 2 rings (SSSR count). The van der Waals surface area contributed by atoms with Crippen LogP contribution in [0, 0.1) is 5.82 Å². The van der Waals surface area contributed by atoms with E-state index in [1.807, 2.05) is 25.7 Å². The largest absolute Gasteiger partial charge is 0.372 e. The number of benzene rings is 1. The molecule has 2 amide bonds. The molecule has 1 aliphatic rings. The van der Waals surface area contributed by atoms with Gasteiger partial charge in [0.2, 0.25) is 0 Å². The fourth-order valence-corrected chi connectivity index (χ4v) is 2.55. The van der Waals surface area contributed by atoms with E-state index >= 15 is 0 Å². The first-order valence-corrected chi connectivity index (χ1v) is 7.24. The molecule has 1 saturated heterocycles. The third-order valence-electron chi connectivity index (χ3n) is 3.30. The first kappa shape index (κ1) is 15.6. The van der Waals surface area contributed by atoms with Crippen molar-refractivity contribution in [2.75, 3.05) is 29.9 Å². The predicted molar refractivity (Wildman–Crippen MR) is 81.3 cm³/mol. The number of morpholine rings is 1. The summed E-state index contributed by atoms with van der Waals surface area (Å²) in [4.78, 5) is 13.4. The zero-order chi connectivity index (χ0) is 15.4. The first-order chi connectivity index (χ1) is 9.99. The van der Waals surface area contributed by atoms with Crippen LogP contribution in [-0.2, 0) is 4.74 Å². The smallest absolute Gasteiger partial charge is 0.319 e. The molecule has 2 N–H and O–H groups in total. The summed E-state index contributed by atoms with van der Waals surface area (Å²) < 4.78 is 19.9. The van der Waals surface area contributed by atoms with E-state index in [-0.39, 0.29) is 24.1 Å². The molecule has 5 nitrogen and oxygen atoms in total.